The smallest absolute Gasteiger partial charge is 0.177 e. The normalized spacial score (nSPS) is 12.0. The van der Waals surface area contributed by atoms with Crippen LogP contribution in [0.2, 0.25) is 0 Å². The standard InChI is InChI=1S/C22H25N7O/c1-22(2,3)14-25-12-16(10-23)18-6-5-17(11-24)26-21(18)15-7-8-29-20(9-15)27-19(28-29)13-30-4/h5-10,12,23,25H,13-14H2,1-4H3/b16-12+,23-10?. The summed E-state index contributed by atoms with van der Waals surface area (Å²) >= 11 is 0. The lowest BCUT2D eigenvalue weighted by Gasteiger charge is -2.18. The van der Waals surface area contributed by atoms with Gasteiger partial charge in [0.15, 0.2) is 11.5 Å². The molecule has 3 aromatic heterocycles. The Balaban J connectivity index is 2.07. The predicted molar refractivity (Wildman–Crippen MR) is 116 cm³/mol. The van der Waals surface area contributed by atoms with Crippen molar-refractivity contribution in [2.24, 2.45) is 5.41 Å². The average Bonchev–Trinajstić information content (AvgIpc) is 3.12. The molecule has 0 aliphatic carbocycles. The predicted octanol–water partition coefficient (Wildman–Crippen LogP) is 3.44. The molecule has 3 aromatic rings. The molecule has 0 spiro atoms. The first kappa shape index (κ1) is 21.1. The zero-order valence-electron chi connectivity index (χ0n) is 17.6. The fourth-order valence-corrected chi connectivity index (χ4v) is 2.90. The number of nitrogens with one attached hydrogen (secondary N) is 2. The van der Waals surface area contributed by atoms with Crippen LogP contribution in [-0.2, 0) is 11.3 Å². The van der Waals surface area contributed by atoms with Gasteiger partial charge in [-0.05, 0) is 29.7 Å². The zero-order valence-corrected chi connectivity index (χ0v) is 17.6. The largest absolute Gasteiger partial charge is 0.390 e. The molecule has 0 fully saturated rings. The Morgan fingerprint density at radius 1 is 1.30 bits per heavy atom. The number of fused-ring (bicyclic) bond motifs is 1. The van der Waals surface area contributed by atoms with E-state index in [4.69, 9.17) is 10.1 Å². The summed E-state index contributed by atoms with van der Waals surface area (Å²) < 4.78 is 6.77. The summed E-state index contributed by atoms with van der Waals surface area (Å²) in [6, 6.07) is 9.30. The van der Waals surface area contributed by atoms with Crippen molar-refractivity contribution in [3.05, 3.63) is 53.7 Å². The van der Waals surface area contributed by atoms with Gasteiger partial charge in [0, 0.05) is 49.0 Å². The van der Waals surface area contributed by atoms with Crippen LogP contribution in [-0.4, -0.2) is 39.5 Å². The second kappa shape index (κ2) is 8.84. The van der Waals surface area contributed by atoms with E-state index in [0.717, 1.165) is 17.7 Å². The summed E-state index contributed by atoms with van der Waals surface area (Å²) in [4.78, 5) is 8.99. The summed E-state index contributed by atoms with van der Waals surface area (Å²) in [5.41, 5.74) is 3.89. The molecule has 8 nitrogen and oxygen atoms in total. The van der Waals surface area contributed by atoms with Gasteiger partial charge in [-0.15, -0.1) is 5.10 Å². The minimum Gasteiger partial charge on any atom is -0.390 e. The van der Waals surface area contributed by atoms with Gasteiger partial charge in [-0.25, -0.2) is 14.5 Å². The lowest BCUT2D eigenvalue weighted by Crippen LogP contribution is -2.23. The lowest BCUT2D eigenvalue weighted by atomic mass is 9.97. The molecule has 8 heteroatoms. The molecule has 3 rings (SSSR count). The van der Waals surface area contributed by atoms with Gasteiger partial charge < -0.3 is 15.5 Å². The maximum atomic E-state index is 9.34. The van der Waals surface area contributed by atoms with E-state index in [-0.39, 0.29) is 5.41 Å². The van der Waals surface area contributed by atoms with Gasteiger partial charge in [0.25, 0.3) is 0 Å². The molecule has 0 atom stereocenters. The molecular formula is C22H25N7O. The third-order valence-electron chi connectivity index (χ3n) is 4.29. The second-order valence-electron chi connectivity index (χ2n) is 8.07. The molecule has 154 valence electrons. The van der Waals surface area contributed by atoms with Gasteiger partial charge in [0.2, 0.25) is 0 Å². The molecule has 2 N–H and O–H groups in total. The first-order valence-corrected chi connectivity index (χ1v) is 9.55. The lowest BCUT2D eigenvalue weighted by molar-refractivity contribution is 0.178. The van der Waals surface area contributed by atoms with Crippen molar-refractivity contribution >= 4 is 17.4 Å². The van der Waals surface area contributed by atoms with E-state index in [1.54, 1.807) is 23.9 Å². The highest BCUT2D eigenvalue weighted by Gasteiger charge is 2.14. The number of nitriles is 1. The van der Waals surface area contributed by atoms with Crippen LogP contribution in [0.3, 0.4) is 0 Å². The summed E-state index contributed by atoms with van der Waals surface area (Å²) in [6.45, 7) is 7.50. The van der Waals surface area contributed by atoms with Crippen LogP contribution in [0.25, 0.3) is 22.5 Å². The van der Waals surface area contributed by atoms with E-state index >= 15 is 0 Å². The Morgan fingerprint density at radius 2 is 2.10 bits per heavy atom. The number of hydrogen-bond donors (Lipinski definition) is 2. The molecular weight excluding hydrogens is 378 g/mol. The highest BCUT2D eigenvalue weighted by Crippen LogP contribution is 2.27. The Labute approximate surface area is 175 Å². The SMILES string of the molecule is COCc1nc2cc(-c3nc(C#N)ccc3/C(C=N)=C/NCC(C)(C)C)ccn2n1. The van der Waals surface area contributed by atoms with Crippen molar-refractivity contribution < 1.29 is 4.74 Å². The van der Waals surface area contributed by atoms with Gasteiger partial charge >= 0.3 is 0 Å². The van der Waals surface area contributed by atoms with Crippen molar-refractivity contribution in [1.29, 1.82) is 10.7 Å². The minimum atomic E-state index is 0.105. The van der Waals surface area contributed by atoms with Crippen LogP contribution in [0, 0.1) is 22.2 Å². The molecule has 0 amide bonds. The summed E-state index contributed by atoms with van der Waals surface area (Å²) in [5, 5.41) is 24.9. The van der Waals surface area contributed by atoms with Gasteiger partial charge in [0.05, 0.1) is 5.69 Å². The third kappa shape index (κ3) is 4.88. The molecule has 0 saturated carbocycles. The Kier molecular flexibility index (Phi) is 6.23. The van der Waals surface area contributed by atoms with Crippen LogP contribution < -0.4 is 5.32 Å². The molecule has 0 bridgehead atoms. The highest BCUT2D eigenvalue weighted by atomic mass is 16.5. The van der Waals surface area contributed by atoms with E-state index in [0.29, 0.717) is 35.0 Å². The van der Waals surface area contributed by atoms with Crippen molar-refractivity contribution in [3.8, 4) is 17.3 Å². The average molecular weight is 403 g/mol. The molecule has 3 heterocycles. The zero-order chi connectivity index (χ0) is 21.7. The quantitative estimate of drug-likeness (QED) is 0.585. The van der Waals surface area contributed by atoms with E-state index in [1.165, 1.54) is 6.21 Å². The van der Waals surface area contributed by atoms with Crippen molar-refractivity contribution in [2.75, 3.05) is 13.7 Å². The number of pyridine rings is 2. The van der Waals surface area contributed by atoms with Gasteiger partial charge in [0.1, 0.15) is 18.4 Å². The Hall–Kier alpha value is -3.57. The molecule has 0 saturated heterocycles. The minimum absolute atomic E-state index is 0.105. The van der Waals surface area contributed by atoms with Crippen molar-refractivity contribution in [3.63, 3.8) is 0 Å². The number of ether oxygens (including phenoxy) is 1. The van der Waals surface area contributed by atoms with Crippen LogP contribution in [0.15, 0.2) is 36.7 Å². The third-order valence-corrected chi connectivity index (χ3v) is 4.29. The fraction of sp³-hybridized carbons (Fsp3) is 0.318. The van der Waals surface area contributed by atoms with E-state index < -0.39 is 0 Å². The monoisotopic (exact) mass is 403 g/mol. The van der Waals surface area contributed by atoms with Crippen molar-refractivity contribution in [1.82, 2.24) is 24.9 Å². The first-order valence-electron chi connectivity index (χ1n) is 9.55. The summed E-state index contributed by atoms with van der Waals surface area (Å²) in [5.74, 6) is 0.583. The maximum Gasteiger partial charge on any atom is 0.177 e. The number of methoxy groups -OCH3 is 1. The number of rotatable bonds is 7. The van der Waals surface area contributed by atoms with Crippen LogP contribution >= 0.6 is 0 Å². The maximum absolute atomic E-state index is 9.34. The highest BCUT2D eigenvalue weighted by molar-refractivity contribution is 6.10. The molecule has 0 radical (unpaired) electrons. The molecule has 0 aromatic carbocycles. The van der Waals surface area contributed by atoms with Crippen LogP contribution in [0.1, 0.15) is 37.9 Å². The summed E-state index contributed by atoms with van der Waals surface area (Å²) in [6.07, 6.45) is 4.90. The second-order valence-corrected chi connectivity index (χ2v) is 8.07. The molecule has 0 aliphatic rings. The van der Waals surface area contributed by atoms with Gasteiger partial charge in [-0.3, -0.25) is 0 Å². The van der Waals surface area contributed by atoms with Crippen LogP contribution in [0.4, 0.5) is 0 Å². The number of hydrogen-bond acceptors (Lipinski definition) is 7. The Morgan fingerprint density at radius 3 is 2.77 bits per heavy atom. The van der Waals surface area contributed by atoms with Crippen molar-refractivity contribution in [2.45, 2.75) is 27.4 Å². The van der Waals surface area contributed by atoms with E-state index in [2.05, 4.69) is 47.2 Å². The van der Waals surface area contributed by atoms with E-state index in [1.807, 2.05) is 24.4 Å². The van der Waals surface area contributed by atoms with E-state index in [9.17, 15) is 5.26 Å². The molecule has 0 unspecified atom stereocenters. The Bertz CT molecular complexity index is 1130. The van der Waals surface area contributed by atoms with Gasteiger partial charge in [-0.2, -0.15) is 5.26 Å². The molecule has 0 aliphatic heterocycles. The topological polar surface area (TPSA) is 112 Å². The number of allylic oxidation sites excluding steroid dienone is 1. The molecule has 30 heavy (non-hydrogen) atoms. The van der Waals surface area contributed by atoms with Crippen LogP contribution in [0.5, 0.6) is 0 Å². The number of nitrogens with zero attached hydrogens (tertiary/aromatic N) is 5. The number of aromatic nitrogens is 4. The van der Waals surface area contributed by atoms with Gasteiger partial charge in [-0.1, -0.05) is 20.8 Å². The first-order chi connectivity index (χ1) is 14.3. The fourth-order valence-electron chi connectivity index (χ4n) is 2.90. The summed E-state index contributed by atoms with van der Waals surface area (Å²) in [7, 11) is 1.60.